The summed E-state index contributed by atoms with van der Waals surface area (Å²) in [5.74, 6) is -0.210. The first-order valence-corrected chi connectivity index (χ1v) is 9.60. The van der Waals surface area contributed by atoms with Crippen LogP contribution in [0, 0.1) is 0 Å². The van der Waals surface area contributed by atoms with Gasteiger partial charge in [0.05, 0.1) is 13.2 Å². The van der Waals surface area contributed by atoms with Gasteiger partial charge in [-0.05, 0) is 31.7 Å². The number of nitrogens with one attached hydrogen (secondary N) is 1. The van der Waals surface area contributed by atoms with E-state index in [1.54, 1.807) is 16.7 Å². The Bertz CT molecular complexity index is 613. The largest absolute Gasteiger partial charge is 0.450 e. The summed E-state index contributed by atoms with van der Waals surface area (Å²) < 4.78 is 4.96. The Labute approximate surface area is 160 Å². The Kier molecular flexibility index (Phi) is 8.61. The predicted octanol–water partition coefficient (Wildman–Crippen LogP) is 1.82. The van der Waals surface area contributed by atoms with Crippen LogP contribution in [0.15, 0.2) is 30.3 Å². The SMILES string of the molecule is CCOC(=O)N1CCN(C(=O)CNC(=O)CCCCc2ccccc2)CC1. The van der Waals surface area contributed by atoms with Crippen LogP contribution < -0.4 is 5.32 Å². The summed E-state index contributed by atoms with van der Waals surface area (Å²) >= 11 is 0. The number of nitrogens with zero attached hydrogens (tertiary/aromatic N) is 2. The lowest BCUT2D eigenvalue weighted by molar-refractivity contribution is -0.134. The average molecular weight is 375 g/mol. The van der Waals surface area contributed by atoms with Gasteiger partial charge in [0.15, 0.2) is 0 Å². The minimum absolute atomic E-state index is 0.0108. The van der Waals surface area contributed by atoms with Gasteiger partial charge in [-0.25, -0.2) is 4.79 Å². The van der Waals surface area contributed by atoms with Gasteiger partial charge in [-0.15, -0.1) is 0 Å². The van der Waals surface area contributed by atoms with E-state index in [0.29, 0.717) is 39.2 Å². The molecule has 0 aliphatic carbocycles. The van der Waals surface area contributed by atoms with Crippen molar-refractivity contribution in [3.05, 3.63) is 35.9 Å². The number of hydrogen-bond donors (Lipinski definition) is 1. The smallest absolute Gasteiger partial charge is 0.409 e. The zero-order valence-electron chi connectivity index (χ0n) is 16.0. The molecule has 1 heterocycles. The van der Waals surface area contributed by atoms with E-state index < -0.39 is 0 Å². The molecule has 0 radical (unpaired) electrons. The first-order chi connectivity index (χ1) is 13.1. The van der Waals surface area contributed by atoms with Crippen LogP contribution in [-0.2, 0) is 20.7 Å². The lowest BCUT2D eigenvalue weighted by atomic mass is 10.1. The van der Waals surface area contributed by atoms with Gasteiger partial charge in [0.25, 0.3) is 0 Å². The standard InChI is InChI=1S/C20H29N3O4/c1-2-27-20(26)23-14-12-22(13-15-23)19(25)16-21-18(24)11-7-6-10-17-8-4-3-5-9-17/h3-5,8-9H,2,6-7,10-16H2,1H3,(H,21,24). The van der Waals surface area contributed by atoms with Crippen LogP contribution in [0.25, 0.3) is 0 Å². The van der Waals surface area contributed by atoms with Crippen LogP contribution in [0.2, 0.25) is 0 Å². The molecule has 1 N–H and O–H groups in total. The molecule has 1 fully saturated rings. The van der Waals surface area contributed by atoms with Crippen molar-refractivity contribution < 1.29 is 19.1 Å². The number of carbonyl (C=O) groups is 3. The molecule has 3 amide bonds. The van der Waals surface area contributed by atoms with Crippen molar-refractivity contribution in [3.63, 3.8) is 0 Å². The highest BCUT2D eigenvalue weighted by Gasteiger charge is 2.24. The molecule has 1 aliphatic rings. The lowest BCUT2D eigenvalue weighted by Crippen LogP contribution is -2.52. The van der Waals surface area contributed by atoms with Gasteiger partial charge in [-0.2, -0.15) is 0 Å². The highest BCUT2D eigenvalue weighted by molar-refractivity contribution is 5.84. The number of ether oxygens (including phenoxy) is 1. The van der Waals surface area contributed by atoms with E-state index in [-0.39, 0.29) is 24.5 Å². The Hall–Kier alpha value is -2.57. The molecule has 0 spiro atoms. The monoisotopic (exact) mass is 375 g/mol. The van der Waals surface area contributed by atoms with Crippen molar-refractivity contribution in [2.24, 2.45) is 0 Å². The summed E-state index contributed by atoms with van der Waals surface area (Å²) in [6.07, 6.45) is 2.79. The molecule has 2 rings (SSSR count). The molecular formula is C20H29N3O4. The summed E-state index contributed by atoms with van der Waals surface area (Å²) in [5.41, 5.74) is 1.27. The second-order valence-corrected chi connectivity index (χ2v) is 6.54. The molecule has 0 atom stereocenters. The van der Waals surface area contributed by atoms with Gasteiger partial charge in [0, 0.05) is 32.6 Å². The highest BCUT2D eigenvalue weighted by Crippen LogP contribution is 2.06. The van der Waals surface area contributed by atoms with Gasteiger partial charge in [-0.3, -0.25) is 9.59 Å². The van der Waals surface area contributed by atoms with Gasteiger partial charge in [-0.1, -0.05) is 30.3 Å². The number of aryl methyl sites for hydroxylation is 1. The van der Waals surface area contributed by atoms with Crippen molar-refractivity contribution in [2.45, 2.75) is 32.6 Å². The van der Waals surface area contributed by atoms with Gasteiger partial charge in [0.1, 0.15) is 0 Å². The third-order valence-electron chi connectivity index (χ3n) is 4.56. The molecule has 148 valence electrons. The molecule has 0 unspecified atom stereocenters. The second-order valence-electron chi connectivity index (χ2n) is 6.54. The Morgan fingerprint density at radius 1 is 1.00 bits per heavy atom. The van der Waals surface area contributed by atoms with Crippen LogP contribution in [0.4, 0.5) is 4.79 Å². The fraction of sp³-hybridized carbons (Fsp3) is 0.550. The Morgan fingerprint density at radius 2 is 1.67 bits per heavy atom. The highest BCUT2D eigenvalue weighted by atomic mass is 16.6. The van der Waals surface area contributed by atoms with E-state index in [0.717, 1.165) is 19.3 Å². The maximum Gasteiger partial charge on any atom is 0.409 e. The molecule has 1 aromatic carbocycles. The lowest BCUT2D eigenvalue weighted by Gasteiger charge is -2.34. The normalized spacial score (nSPS) is 14.0. The molecular weight excluding hydrogens is 346 g/mol. The molecule has 27 heavy (non-hydrogen) atoms. The maximum atomic E-state index is 12.2. The fourth-order valence-electron chi connectivity index (χ4n) is 2.99. The van der Waals surface area contributed by atoms with E-state index >= 15 is 0 Å². The van der Waals surface area contributed by atoms with E-state index in [1.165, 1.54) is 5.56 Å². The van der Waals surface area contributed by atoms with Crippen LogP contribution in [0.1, 0.15) is 31.7 Å². The van der Waals surface area contributed by atoms with Crippen LogP contribution >= 0.6 is 0 Å². The zero-order valence-corrected chi connectivity index (χ0v) is 16.0. The molecule has 7 nitrogen and oxygen atoms in total. The molecule has 0 saturated carbocycles. The average Bonchev–Trinajstić information content (AvgIpc) is 2.70. The van der Waals surface area contributed by atoms with E-state index in [2.05, 4.69) is 17.4 Å². The molecule has 0 aromatic heterocycles. The molecule has 0 bridgehead atoms. The molecule has 1 saturated heterocycles. The van der Waals surface area contributed by atoms with Crippen LogP contribution in [0.5, 0.6) is 0 Å². The maximum absolute atomic E-state index is 12.2. The van der Waals surface area contributed by atoms with Crippen molar-refractivity contribution in [1.29, 1.82) is 0 Å². The number of hydrogen-bond acceptors (Lipinski definition) is 4. The van der Waals surface area contributed by atoms with Gasteiger partial charge in [0.2, 0.25) is 11.8 Å². The van der Waals surface area contributed by atoms with Crippen molar-refractivity contribution in [1.82, 2.24) is 15.1 Å². The third kappa shape index (κ3) is 7.29. The van der Waals surface area contributed by atoms with Crippen molar-refractivity contribution >= 4 is 17.9 Å². The van der Waals surface area contributed by atoms with Crippen molar-refractivity contribution in [2.75, 3.05) is 39.3 Å². The number of rotatable bonds is 8. The van der Waals surface area contributed by atoms with Crippen LogP contribution in [0.3, 0.4) is 0 Å². The summed E-state index contributed by atoms with van der Waals surface area (Å²) in [4.78, 5) is 39.0. The van der Waals surface area contributed by atoms with E-state index in [4.69, 9.17) is 4.74 Å². The summed E-state index contributed by atoms with van der Waals surface area (Å²) in [6, 6.07) is 10.2. The first-order valence-electron chi connectivity index (χ1n) is 9.60. The Morgan fingerprint density at radius 3 is 2.33 bits per heavy atom. The molecule has 1 aliphatic heterocycles. The third-order valence-corrected chi connectivity index (χ3v) is 4.56. The van der Waals surface area contributed by atoms with E-state index in [9.17, 15) is 14.4 Å². The number of carbonyl (C=O) groups excluding carboxylic acids is 3. The number of unbranched alkanes of at least 4 members (excludes halogenated alkanes) is 1. The van der Waals surface area contributed by atoms with Gasteiger partial charge >= 0.3 is 6.09 Å². The number of amides is 3. The summed E-state index contributed by atoms with van der Waals surface area (Å²) in [5, 5.41) is 2.70. The quantitative estimate of drug-likeness (QED) is 0.703. The van der Waals surface area contributed by atoms with Crippen molar-refractivity contribution in [3.8, 4) is 0 Å². The minimum Gasteiger partial charge on any atom is -0.450 e. The molecule has 7 heteroatoms. The first kappa shape index (κ1) is 20.7. The summed E-state index contributed by atoms with van der Waals surface area (Å²) in [7, 11) is 0. The number of benzene rings is 1. The second kappa shape index (κ2) is 11.2. The Balaban J connectivity index is 1.57. The van der Waals surface area contributed by atoms with E-state index in [1.807, 2.05) is 18.2 Å². The molecule has 1 aromatic rings. The predicted molar refractivity (Wildman–Crippen MR) is 102 cm³/mol. The fourth-order valence-corrected chi connectivity index (χ4v) is 2.99. The zero-order chi connectivity index (χ0) is 19.5. The van der Waals surface area contributed by atoms with Crippen LogP contribution in [-0.4, -0.2) is 67.0 Å². The van der Waals surface area contributed by atoms with Gasteiger partial charge < -0.3 is 19.9 Å². The number of piperazine rings is 1. The topological polar surface area (TPSA) is 79.0 Å². The minimum atomic E-state index is -0.339. The summed E-state index contributed by atoms with van der Waals surface area (Å²) in [6.45, 7) is 3.96.